The number of nitrogens with zero attached hydrogens (tertiary/aromatic N) is 3. The average Bonchev–Trinajstić information content (AvgIpc) is 2.52. The fraction of sp³-hybridized carbons (Fsp3) is 0. The van der Waals surface area contributed by atoms with Crippen LogP contribution >= 0.6 is 0 Å². The molecule has 0 spiro atoms. The lowest BCUT2D eigenvalue weighted by Crippen LogP contribution is -2.09. The Morgan fingerprint density at radius 2 is 2.38 bits per heavy atom. The maximum absolute atomic E-state index is 10.6. The summed E-state index contributed by atoms with van der Waals surface area (Å²) in [5.74, 6) is -1.02. The van der Waals surface area contributed by atoms with Gasteiger partial charge in [-0.25, -0.2) is 9.78 Å². The van der Waals surface area contributed by atoms with Gasteiger partial charge in [-0.2, -0.15) is 9.61 Å². The average molecular weight is 178 g/mol. The van der Waals surface area contributed by atoms with Crippen molar-refractivity contribution in [1.82, 2.24) is 14.6 Å². The molecule has 0 unspecified atom stereocenters. The van der Waals surface area contributed by atoms with E-state index in [1.54, 1.807) is 6.07 Å². The van der Waals surface area contributed by atoms with Crippen LogP contribution in [0.1, 0.15) is 10.4 Å². The van der Waals surface area contributed by atoms with E-state index in [2.05, 4.69) is 10.1 Å². The first-order valence-electron chi connectivity index (χ1n) is 3.51. The smallest absolute Gasteiger partial charge is 0.341 e. The molecule has 0 atom stereocenters. The molecule has 2 heterocycles. The first kappa shape index (κ1) is 7.53. The standard InChI is InChI=1S/C7H6N4O2/c8-6-4(7(12)13)3-9-5-1-2-10-11(5)6/h1-3H,8H2,(H,12,13). The Morgan fingerprint density at radius 3 is 3.08 bits per heavy atom. The third kappa shape index (κ3) is 0.994. The van der Waals surface area contributed by atoms with E-state index in [9.17, 15) is 4.79 Å². The number of fused-ring (bicyclic) bond motifs is 1. The fourth-order valence-corrected chi connectivity index (χ4v) is 1.06. The summed E-state index contributed by atoms with van der Waals surface area (Å²) in [7, 11) is 0. The maximum atomic E-state index is 10.6. The van der Waals surface area contributed by atoms with Gasteiger partial charge in [-0.15, -0.1) is 0 Å². The molecule has 2 rings (SSSR count). The lowest BCUT2D eigenvalue weighted by molar-refractivity contribution is 0.0697. The second kappa shape index (κ2) is 2.44. The van der Waals surface area contributed by atoms with Crippen LogP contribution < -0.4 is 5.73 Å². The summed E-state index contributed by atoms with van der Waals surface area (Å²) < 4.78 is 1.28. The van der Waals surface area contributed by atoms with Crippen molar-refractivity contribution in [1.29, 1.82) is 0 Å². The fourth-order valence-electron chi connectivity index (χ4n) is 1.06. The minimum Gasteiger partial charge on any atom is -0.477 e. The number of aromatic carboxylic acids is 1. The first-order valence-corrected chi connectivity index (χ1v) is 3.51. The summed E-state index contributed by atoms with van der Waals surface area (Å²) in [6.45, 7) is 0. The first-order chi connectivity index (χ1) is 6.20. The van der Waals surface area contributed by atoms with Gasteiger partial charge in [0.2, 0.25) is 0 Å². The number of anilines is 1. The number of carboxylic acid groups (broad SMARTS) is 1. The Bertz CT molecular complexity index is 476. The SMILES string of the molecule is Nc1c(C(=O)O)cnc2ccnn12. The highest BCUT2D eigenvalue weighted by Crippen LogP contribution is 2.11. The minimum absolute atomic E-state index is 0.0452. The summed E-state index contributed by atoms with van der Waals surface area (Å²) >= 11 is 0. The molecule has 66 valence electrons. The summed E-state index contributed by atoms with van der Waals surface area (Å²) in [4.78, 5) is 14.5. The number of hydrogen-bond acceptors (Lipinski definition) is 4. The van der Waals surface area contributed by atoms with E-state index >= 15 is 0 Å². The molecule has 0 aliphatic rings. The Balaban J connectivity index is 2.80. The molecule has 2 aromatic rings. The Morgan fingerprint density at radius 1 is 1.62 bits per heavy atom. The van der Waals surface area contributed by atoms with Gasteiger partial charge >= 0.3 is 5.97 Å². The molecular weight excluding hydrogens is 172 g/mol. The topological polar surface area (TPSA) is 93.5 Å². The minimum atomic E-state index is -1.11. The van der Waals surface area contributed by atoms with E-state index < -0.39 is 5.97 Å². The molecule has 0 radical (unpaired) electrons. The Labute approximate surface area is 72.6 Å². The molecule has 0 aromatic carbocycles. The zero-order valence-corrected chi connectivity index (χ0v) is 6.51. The van der Waals surface area contributed by atoms with Crippen LogP contribution in [-0.2, 0) is 0 Å². The molecule has 3 N–H and O–H groups in total. The van der Waals surface area contributed by atoms with Gasteiger partial charge in [0, 0.05) is 12.3 Å². The highest BCUT2D eigenvalue weighted by molar-refractivity contribution is 5.92. The quantitative estimate of drug-likeness (QED) is 0.641. The second-order valence-electron chi connectivity index (χ2n) is 2.46. The monoisotopic (exact) mass is 178 g/mol. The molecule has 0 aliphatic heterocycles. The van der Waals surface area contributed by atoms with E-state index in [-0.39, 0.29) is 11.4 Å². The van der Waals surface area contributed by atoms with Crippen LogP contribution in [0.4, 0.5) is 5.82 Å². The van der Waals surface area contributed by atoms with Gasteiger partial charge in [0.15, 0.2) is 5.65 Å². The Hall–Kier alpha value is -2.11. The lowest BCUT2D eigenvalue weighted by atomic mass is 10.3. The van der Waals surface area contributed by atoms with Crippen molar-refractivity contribution in [3.8, 4) is 0 Å². The molecule has 6 heteroatoms. The van der Waals surface area contributed by atoms with Crippen molar-refractivity contribution in [2.45, 2.75) is 0 Å². The van der Waals surface area contributed by atoms with Crippen LogP contribution in [0.5, 0.6) is 0 Å². The van der Waals surface area contributed by atoms with E-state index in [0.29, 0.717) is 5.65 Å². The molecule has 13 heavy (non-hydrogen) atoms. The molecule has 0 fully saturated rings. The predicted molar refractivity (Wildman–Crippen MR) is 44.4 cm³/mol. The summed E-state index contributed by atoms with van der Waals surface area (Å²) in [6, 6.07) is 1.64. The van der Waals surface area contributed by atoms with Crippen molar-refractivity contribution in [2.24, 2.45) is 0 Å². The van der Waals surface area contributed by atoms with Crippen LogP contribution in [0.15, 0.2) is 18.5 Å². The molecule has 2 aromatic heterocycles. The van der Waals surface area contributed by atoms with E-state index in [0.717, 1.165) is 0 Å². The maximum Gasteiger partial charge on any atom is 0.341 e. The van der Waals surface area contributed by atoms with Crippen LogP contribution in [0.25, 0.3) is 5.65 Å². The van der Waals surface area contributed by atoms with Gasteiger partial charge in [0.05, 0.1) is 6.20 Å². The number of hydrogen-bond donors (Lipinski definition) is 2. The van der Waals surface area contributed by atoms with Crippen molar-refractivity contribution >= 4 is 17.4 Å². The lowest BCUT2D eigenvalue weighted by Gasteiger charge is -2.01. The number of rotatable bonds is 1. The number of nitrogen functional groups attached to an aromatic ring is 1. The van der Waals surface area contributed by atoms with Crippen LogP contribution in [0, 0.1) is 0 Å². The molecule has 0 amide bonds. The third-order valence-corrected chi connectivity index (χ3v) is 1.68. The second-order valence-corrected chi connectivity index (χ2v) is 2.46. The number of carboxylic acids is 1. The van der Waals surface area contributed by atoms with Crippen LogP contribution in [0.3, 0.4) is 0 Å². The Kier molecular flexibility index (Phi) is 1.42. The van der Waals surface area contributed by atoms with E-state index in [1.807, 2.05) is 0 Å². The summed E-state index contributed by atoms with van der Waals surface area (Å²) in [5.41, 5.74) is 6.03. The zero-order valence-electron chi connectivity index (χ0n) is 6.51. The van der Waals surface area contributed by atoms with Crippen molar-refractivity contribution in [3.05, 3.63) is 24.0 Å². The van der Waals surface area contributed by atoms with Crippen molar-refractivity contribution in [3.63, 3.8) is 0 Å². The van der Waals surface area contributed by atoms with Gasteiger partial charge < -0.3 is 10.8 Å². The molecule has 0 bridgehead atoms. The highest BCUT2D eigenvalue weighted by atomic mass is 16.4. The van der Waals surface area contributed by atoms with E-state index in [4.69, 9.17) is 10.8 Å². The number of carbonyl (C=O) groups is 1. The third-order valence-electron chi connectivity index (χ3n) is 1.68. The molecule has 0 saturated carbocycles. The van der Waals surface area contributed by atoms with Crippen molar-refractivity contribution in [2.75, 3.05) is 5.73 Å². The highest BCUT2D eigenvalue weighted by Gasteiger charge is 2.11. The largest absolute Gasteiger partial charge is 0.477 e. The molecule has 6 nitrogen and oxygen atoms in total. The molecular formula is C7H6N4O2. The predicted octanol–water partition coefficient (Wildman–Crippen LogP) is 0.00970. The molecule has 0 saturated heterocycles. The normalized spacial score (nSPS) is 10.5. The number of nitrogens with two attached hydrogens (primary N) is 1. The van der Waals surface area contributed by atoms with Gasteiger partial charge in [0.25, 0.3) is 0 Å². The number of aromatic nitrogens is 3. The summed E-state index contributed by atoms with van der Waals surface area (Å²) in [6.07, 6.45) is 2.72. The van der Waals surface area contributed by atoms with Gasteiger partial charge in [0.1, 0.15) is 11.4 Å². The molecule has 0 aliphatic carbocycles. The van der Waals surface area contributed by atoms with Gasteiger partial charge in [-0.1, -0.05) is 0 Å². The van der Waals surface area contributed by atoms with Gasteiger partial charge in [-0.3, -0.25) is 0 Å². The van der Waals surface area contributed by atoms with Crippen LogP contribution in [-0.4, -0.2) is 25.7 Å². The van der Waals surface area contributed by atoms with Gasteiger partial charge in [-0.05, 0) is 0 Å². The van der Waals surface area contributed by atoms with Crippen LogP contribution in [0.2, 0.25) is 0 Å². The van der Waals surface area contributed by atoms with Crippen molar-refractivity contribution < 1.29 is 9.90 Å². The van der Waals surface area contributed by atoms with E-state index in [1.165, 1.54) is 16.9 Å². The summed E-state index contributed by atoms with van der Waals surface area (Å²) in [5, 5.41) is 12.5. The zero-order chi connectivity index (χ0) is 9.42.